The van der Waals surface area contributed by atoms with Crippen LogP contribution < -0.4 is 5.32 Å². The van der Waals surface area contributed by atoms with Crippen molar-refractivity contribution in [2.45, 2.75) is 77.2 Å². The van der Waals surface area contributed by atoms with Crippen molar-refractivity contribution in [2.24, 2.45) is 5.41 Å². The predicted octanol–water partition coefficient (Wildman–Crippen LogP) is 3.82. The maximum absolute atomic E-state index is 12.9. The van der Waals surface area contributed by atoms with Crippen LogP contribution in [0.3, 0.4) is 0 Å². The number of nitrogens with zero attached hydrogens (tertiary/aromatic N) is 4. The van der Waals surface area contributed by atoms with Gasteiger partial charge in [-0.1, -0.05) is 38.3 Å². The molecule has 1 N–H and O–H groups in total. The van der Waals surface area contributed by atoms with Gasteiger partial charge in [-0.3, -0.25) is 9.69 Å². The zero-order valence-electron chi connectivity index (χ0n) is 19.1. The number of hydrogen-bond donors (Lipinski definition) is 1. The Kier molecular flexibility index (Phi) is 6.70. The molecule has 1 saturated carbocycles. The molecule has 31 heavy (non-hydrogen) atoms. The molecule has 2 aromatic rings. The molecule has 0 radical (unpaired) electrons. The summed E-state index contributed by atoms with van der Waals surface area (Å²) in [5, 5.41) is 7.26. The summed E-state index contributed by atoms with van der Waals surface area (Å²) in [6.45, 7) is 6.49. The Balaban J connectivity index is 1.44. The number of carbonyl (C=O) groups excluding carboxylic acids is 1. The molecule has 1 atom stereocenters. The van der Waals surface area contributed by atoms with Crippen LogP contribution in [0.25, 0.3) is 0 Å². The second kappa shape index (κ2) is 9.47. The van der Waals surface area contributed by atoms with Crippen molar-refractivity contribution in [3.63, 3.8) is 0 Å². The molecule has 1 amide bonds. The molecule has 0 bridgehead atoms. The van der Waals surface area contributed by atoms with E-state index in [0.29, 0.717) is 24.8 Å². The standard InChI is InChI=1S/C24H35N5O2/c1-17(2)22-26-13-18(14-27-22)15-29-10-9-24(16-29,23(30)25-3)12-20-11-21(28-31-20)19-7-5-4-6-8-19/h11,13-14,17,19H,4-10,12,15-16H2,1-3H3,(H,25,30)/t24-/m0/s1. The first-order valence-corrected chi connectivity index (χ1v) is 11.7. The zero-order valence-corrected chi connectivity index (χ0v) is 19.1. The molecule has 2 aromatic heterocycles. The first-order valence-electron chi connectivity index (χ1n) is 11.7. The highest BCUT2D eigenvalue weighted by Gasteiger charge is 2.45. The van der Waals surface area contributed by atoms with Gasteiger partial charge in [0.05, 0.1) is 11.1 Å². The smallest absolute Gasteiger partial charge is 0.227 e. The fraction of sp³-hybridized carbons (Fsp3) is 0.667. The molecule has 3 heterocycles. The normalized spacial score (nSPS) is 22.8. The number of nitrogens with one attached hydrogen (secondary N) is 1. The van der Waals surface area contributed by atoms with Crippen molar-refractivity contribution in [3.05, 3.63) is 41.3 Å². The predicted molar refractivity (Wildman–Crippen MR) is 119 cm³/mol. The topological polar surface area (TPSA) is 84.2 Å². The van der Waals surface area contributed by atoms with Crippen LogP contribution in [0.2, 0.25) is 0 Å². The first kappa shape index (κ1) is 21.9. The maximum atomic E-state index is 12.9. The third-order valence-electron chi connectivity index (χ3n) is 6.90. The molecule has 0 spiro atoms. The highest BCUT2D eigenvalue weighted by Crippen LogP contribution is 2.37. The van der Waals surface area contributed by atoms with E-state index in [1.165, 1.54) is 32.1 Å². The molecular formula is C24H35N5O2. The third kappa shape index (κ3) is 4.97. The molecule has 1 saturated heterocycles. The van der Waals surface area contributed by atoms with Gasteiger partial charge < -0.3 is 9.84 Å². The Hall–Kier alpha value is -2.28. The quantitative estimate of drug-likeness (QED) is 0.726. The van der Waals surface area contributed by atoms with Crippen molar-refractivity contribution in [3.8, 4) is 0 Å². The number of hydrogen-bond acceptors (Lipinski definition) is 6. The molecule has 168 valence electrons. The summed E-state index contributed by atoms with van der Waals surface area (Å²) in [7, 11) is 1.72. The fourth-order valence-electron chi connectivity index (χ4n) is 5.11. The lowest BCUT2D eigenvalue weighted by Gasteiger charge is -2.26. The lowest BCUT2D eigenvalue weighted by atomic mass is 9.81. The molecule has 1 aliphatic carbocycles. The molecule has 1 aliphatic heterocycles. The second-order valence-electron chi connectivity index (χ2n) is 9.65. The van der Waals surface area contributed by atoms with Crippen LogP contribution in [0.4, 0.5) is 0 Å². The Bertz CT molecular complexity index is 872. The van der Waals surface area contributed by atoms with Gasteiger partial charge in [0, 0.05) is 62.4 Å². The van der Waals surface area contributed by atoms with E-state index in [2.05, 4.69) is 45.3 Å². The van der Waals surface area contributed by atoms with Crippen molar-refractivity contribution in [1.82, 2.24) is 25.3 Å². The largest absolute Gasteiger partial charge is 0.361 e. The number of aromatic nitrogens is 3. The summed E-state index contributed by atoms with van der Waals surface area (Å²) in [6.07, 6.45) is 11.5. The van der Waals surface area contributed by atoms with Gasteiger partial charge in [-0.05, 0) is 25.8 Å². The molecule has 2 aliphatic rings. The van der Waals surface area contributed by atoms with E-state index < -0.39 is 5.41 Å². The summed E-state index contributed by atoms with van der Waals surface area (Å²) in [5.74, 6) is 2.61. The molecule has 4 rings (SSSR count). The molecule has 7 nitrogen and oxygen atoms in total. The average Bonchev–Trinajstić information content (AvgIpc) is 3.42. The van der Waals surface area contributed by atoms with Crippen molar-refractivity contribution in [2.75, 3.05) is 20.1 Å². The van der Waals surface area contributed by atoms with E-state index in [4.69, 9.17) is 4.52 Å². The Labute approximate surface area is 185 Å². The van der Waals surface area contributed by atoms with Gasteiger partial charge >= 0.3 is 0 Å². The van der Waals surface area contributed by atoms with Crippen molar-refractivity contribution < 1.29 is 9.32 Å². The number of amides is 1. The van der Waals surface area contributed by atoms with Gasteiger partial charge in [0.2, 0.25) is 5.91 Å². The average molecular weight is 426 g/mol. The minimum atomic E-state index is -0.489. The Morgan fingerprint density at radius 3 is 2.68 bits per heavy atom. The van der Waals surface area contributed by atoms with Crippen molar-refractivity contribution >= 4 is 5.91 Å². The molecule has 7 heteroatoms. The van der Waals surface area contributed by atoms with E-state index in [-0.39, 0.29) is 5.91 Å². The summed E-state index contributed by atoms with van der Waals surface area (Å²) in [6, 6.07) is 2.10. The van der Waals surface area contributed by atoms with Crippen molar-refractivity contribution in [1.29, 1.82) is 0 Å². The highest BCUT2D eigenvalue weighted by atomic mass is 16.5. The maximum Gasteiger partial charge on any atom is 0.227 e. The van der Waals surface area contributed by atoms with E-state index in [1.54, 1.807) is 7.05 Å². The van der Waals surface area contributed by atoms with Crippen LogP contribution in [0.1, 0.15) is 87.1 Å². The SMILES string of the molecule is CNC(=O)[C@]1(Cc2cc(C3CCCCC3)no2)CCN(Cc2cnc(C(C)C)nc2)C1. The summed E-state index contributed by atoms with van der Waals surface area (Å²) in [4.78, 5) is 24.2. The summed E-state index contributed by atoms with van der Waals surface area (Å²) in [5.41, 5.74) is 1.66. The second-order valence-corrected chi connectivity index (χ2v) is 9.65. The number of rotatable bonds is 7. The zero-order chi connectivity index (χ0) is 21.8. The Morgan fingerprint density at radius 2 is 2.00 bits per heavy atom. The molecule has 0 unspecified atom stereocenters. The minimum absolute atomic E-state index is 0.0806. The monoisotopic (exact) mass is 425 g/mol. The van der Waals surface area contributed by atoms with E-state index in [1.807, 2.05) is 12.4 Å². The van der Waals surface area contributed by atoms with Crippen LogP contribution in [0.15, 0.2) is 23.0 Å². The summed E-state index contributed by atoms with van der Waals surface area (Å²) >= 11 is 0. The van der Waals surface area contributed by atoms with Crippen LogP contribution in [0.5, 0.6) is 0 Å². The van der Waals surface area contributed by atoms with Gasteiger partial charge in [-0.2, -0.15) is 0 Å². The van der Waals surface area contributed by atoms with Gasteiger partial charge in [0.1, 0.15) is 11.6 Å². The van der Waals surface area contributed by atoms with E-state index in [0.717, 1.165) is 42.4 Å². The van der Waals surface area contributed by atoms with Crippen LogP contribution in [0, 0.1) is 5.41 Å². The van der Waals surface area contributed by atoms with Gasteiger partial charge in [-0.15, -0.1) is 0 Å². The van der Waals surface area contributed by atoms with Gasteiger partial charge in [0.15, 0.2) is 0 Å². The third-order valence-corrected chi connectivity index (χ3v) is 6.90. The lowest BCUT2D eigenvalue weighted by Crippen LogP contribution is -2.43. The lowest BCUT2D eigenvalue weighted by molar-refractivity contribution is -0.130. The number of carbonyl (C=O) groups is 1. The van der Waals surface area contributed by atoms with E-state index >= 15 is 0 Å². The van der Waals surface area contributed by atoms with Gasteiger partial charge in [-0.25, -0.2) is 9.97 Å². The molecule has 0 aromatic carbocycles. The molecule has 2 fully saturated rings. The van der Waals surface area contributed by atoms with E-state index in [9.17, 15) is 4.79 Å². The minimum Gasteiger partial charge on any atom is -0.361 e. The summed E-state index contributed by atoms with van der Waals surface area (Å²) < 4.78 is 5.72. The Morgan fingerprint density at radius 1 is 1.26 bits per heavy atom. The van der Waals surface area contributed by atoms with Gasteiger partial charge in [0.25, 0.3) is 0 Å². The van der Waals surface area contributed by atoms with Crippen LogP contribution in [-0.4, -0.2) is 46.1 Å². The fourth-order valence-corrected chi connectivity index (χ4v) is 5.11. The van der Waals surface area contributed by atoms with Crippen LogP contribution in [-0.2, 0) is 17.8 Å². The highest BCUT2D eigenvalue weighted by molar-refractivity contribution is 5.83. The number of likely N-dealkylation sites (tertiary alicyclic amines) is 1. The first-order chi connectivity index (χ1) is 15.0. The van der Waals surface area contributed by atoms with Crippen LogP contribution >= 0.6 is 0 Å². The molecular weight excluding hydrogens is 390 g/mol.